The lowest BCUT2D eigenvalue weighted by Gasteiger charge is -2.34. The van der Waals surface area contributed by atoms with Gasteiger partial charge in [0.05, 0.1) is 5.76 Å². The molecule has 1 aromatic carbocycles. The second-order valence-electron chi connectivity index (χ2n) is 4.93. The maximum absolute atomic E-state index is 6.09. The Bertz CT molecular complexity index is 422. The Hall–Kier alpha value is -1.32. The van der Waals surface area contributed by atoms with Crippen molar-refractivity contribution in [2.24, 2.45) is 0 Å². The zero-order valence-corrected chi connectivity index (χ0v) is 13.5. The van der Waals surface area contributed by atoms with Crippen molar-refractivity contribution in [3.63, 3.8) is 0 Å². The van der Waals surface area contributed by atoms with Crippen molar-refractivity contribution in [2.45, 2.75) is 26.9 Å². The number of nitrogens with zero attached hydrogens (tertiary/aromatic N) is 1. The van der Waals surface area contributed by atoms with E-state index < -0.39 is 8.48 Å². The fourth-order valence-corrected chi connectivity index (χ4v) is 4.52. The van der Waals surface area contributed by atoms with Crippen LogP contribution >= 0.6 is 0 Å². The fourth-order valence-electron chi connectivity index (χ4n) is 2.16. The highest BCUT2D eigenvalue weighted by atomic mass is 28.4. The van der Waals surface area contributed by atoms with E-state index in [1.807, 2.05) is 30.4 Å². The van der Waals surface area contributed by atoms with Gasteiger partial charge in [0.25, 0.3) is 0 Å². The molecular formula is C16H25NOSi. The topological polar surface area (TPSA) is 12.5 Å². The molecule has 0 bridgehead atoms. The molecule has 0 N–H and O–H groups in total. The van der Waals surface area contributed by atoms with Crippen LogP contribution in [0.3, 0.4) is 0 Å². The summed E-state index contributed by atoms with van der Waals surface area (Å²) in [5.41, 5.74) is 1.16. The second-order valence-corrected chi connectivity index (χ2v) is 8.66. The van der Waals surface area contributed by atoms with Crippen LogP contribution in [0.5, 0.6) is 0 Å². The van der Waals surface area contributed by atoms with Gasteiger partial charge in [-0.05, 0) is 37.8 Å². The molecule has 0 radical (unpaired) electrons. The summed E-state index contributed by atoms with van der Waals surface area (Å²) in [7, 11) is -1.85. The van der Waals surface area contributed by atoms with E-state index >= 15 is 0 Å². The summed E-state index contributed by atoms with van der Waals surface area (Å²) >= 11 is 0. The Balaban J connectivity index is 2.62. The van der Waals surface area contributed by atoms with Crippen molar-refractivity contribution in [3.05, 3.63) is 54.3 Å². The van der Waals surface area contributed by atoms with Crippen LogP contribution in [0.1, 0.15) is 19.4 Å². The van der Waals surface area contributed by atoms with E-state index in [1.165, 1.54) is 0 Å². The summed E-state index contributed by atoms with van der Waals surface area (Å²) in [5.74, 6) is 0.743. The van der Waals surface area contributed by atoms with E-state index in [0.717, 1.165) is 24.4 Å². The molecule has 0 saturated heterocycles. The molecule has 0 aliphatic heterocycles. The molecule has 0 fully saturated rings. The van der Waals surface area contributed by atoms with Gasteiger partial charge in [-0.2, -0.15) is 0 Å². The Labute approximate surface area is 118 Å². The van der Waals surface area contributed by atoms with E-state index in [0.29, 0.717) is 0 Å². The Morgan fingerprint density at radius 3 is 2.32 bits per heavy atom. The lowest BCUT2D eigenvalue weighted by atomic mass is 10.2. The highest BCUT2D eigenvalue weighted by molar-refractivity contribution is 6.68. The summed E-state index contributed by atoms with van der Waals surface area (Å²) in [5, 5.41) is 0. The summed E-state index contributed by atoms with van der Waals surface area (Å²) in [6.07, 6.45) is 3.99. The maximum atomic E-state index is 6.09. The van der Waals surface area contributed by atoms with Crippen molar-refractivity contribution < 1.29 is 4.43 Å². The normalized spacial score (nSPS) is 12.1. The van der Waals surface area contributed by atoms with E-state index in [-0.39, 0.29) is 0 Å². The largest absolute Gasteiger partial charge is 0.530 e. The predicted molar refractivity (Wildman–Crippen MR) is 86.1 cm³/mol. The molecule has 0 heterocycles. The van der Waals surface area contributed by atoms with Crippen LogP contribution in [-0.2, 0) is 4.43 Å². The monoisotopic (exact) mass is 275 g/mol. The molecule has 0 aliphatic rings. The summed E-state index contributed by atoms with van der Waals surface area (Å²) < 4.78 is 8.48. The van der Waals surface area contributed by atoms with Gasteiger partial charge in [-0.3, -0.25) is 4.57 Å². The molecule has 0 spiro atoms. The molecule has 0 amide bonds. The zero-order valence-electron chi connectivity index (χ0n) is 12.5. The van der Waals surface area contributed by atoms with Gasteiger partial charge in [0.1, 0.15) is 0 Å². The van der Waals surface area contributed by atoms with Crippen molar-refractivity contribution in [1.29, 1.82) is 0 Å². The first-order chi connectivity index (χ1) is 8.99. The zero-order chi connectivity index (χ0) is 14.3. The van der Waals surface area contributed by atoms with E-state index in [1.54, 1.807) is 0 Å². The van der Waals surface area contributed by atoms with Crippen LogP contribution in [0, 0.1) is 0 Å². The molecule has 0 unspecified atom stereocenters. The quantitative estimate of drug-likeness (QED) is 0.418. The lowest BCUT2D eigenvalue weighted by molar-refractivity contribution is 0.327. The van der Waals surface area contributed by atoms with Gasteiger partial charge in [-0.1, -0.05) is 56.8 Å². The van der Waals surface area contributed by atoms with E-state index in [4.69, 9.17) is 4.43 Å². The first-order valence-electron chi connectivity index (χ1n) is 6.85. The van der Waals surface area contributed by atoms with E-state index in [9.17, 15) is 0 Å². The molecule has 2 nitrogen and oxygen atoms in total. The maximum Gasteiger partial charge on any atom is 0.325 e. The molecule has 1 aromatic rings. The Morgan fingerprint density at radius 1 is 1.21 bits per heavy atom. The van der Waals surface area contributed by atoms with Crippen LogP contribution in [-0.4, -0.2) is 26.1 Å². The number of benzene rings is 1. The van der Waals surface area contributed by atoms with Crippen molar-refractivity contribution in [2.75, 3.05) is 13.1 Å². The highest BCUT2D eigenvalue weighted by Crippen LogP contribution is 2.16. The smallest absolute Gasteiger partial charge is 0.325 e. The number of allylic oxidation sites excluding steroid dienone is 1. The lowest BCUT2D eigenvalue weighted by Crippen LogP contribution is -2.50. The number of rotatable bonds is 7. The molecule has 3 heteroatoms. The first kappa shape index (κ1) is 15.7. The summed E-state index contributed by atoms with van der Waals surface area (Å²) in [6, 6.07) is 10.2. The minimum atomic E-state index is -1.85. The third-order valence-electron chi connectivity index (χ3n) is 3.17. The Kier molecular flexibility index (Phi) is 6.05. The minimum Gasteiger partial charge on any atom is -0.530 e. The van der Waals surface area contributed by atoms with Crippen molar-refractivity contribution in [1.82, 2.24) is 4.57 Å². The fraction of sp³-hybridized carbons (Fsp3) is 0.375. The van der Waals surface area contributed by atoms with Crippen molar-refractivity contribution >= 4 is 14.6 Å². The molecule has 0 aliphatic carbocycles. The molecule has 104 valence electrons. The van der Waals surface area contributed by atoms with E-state index in [2.05, 4.69) is 50.2 Å². The highest BCUT2D eigenvalue weighted by Gasteiger charge is 2.31. The standard InChI is InChI=1S/C16H25NOSi/c1-6-17(7-2)19(4,5)18-15(3)13-14-16-11-9-8-10-12-16/h8-14H,3,6-7H2,1-2,4-5H3/b14-13+. The number of hydrogen-bond acceptors (Lipinski definition) is 2. The minimum absolute atomic E-state index is 0.743. The molecule has 0 aromatic heterocycles. The van der Waals surface area contributed by atoms with Crippen LogP contribution in [0.2, 0.25) is 13.1 Å². The van der Waals surface area contributed by atoms with Crippen LogP contribution in [0.15, 0.2) is 48.7 Å². The van der Waals surface area contributed by atoms with Crippen LogP contribution < -0.4 is 0 Å². The van der Waals surface area contributed by atoms with Gasteiger partial charge in [0.2, 0.25) is 0 Å². The third-order valence-corrected chi connectivity index (χ3v) is 6.08. The molecule has 0 atom stereocenters. The number of hydrogen-bond donors (Lipinski definition) is 0. The third kappa shape index (κ3) is 5.05. The van der Waals surface area contributed by atoms with Gasteiger partial charge < -0.3 is 4.43 Å². The summed E-state index contributed by atoms with van der Waals surface area (Å²) in [4.78, 5) is 0. The molecular weight excluding hydrogens is 250 g/mol. The molecule has 19 heavy (non-hydrogen) atoms. The van der Waals surface area contributed by atoms with Crippen LogP contribution in [0.25, 0.3) is 6.08 Å². The van der Waals surface area contributed by atoms with Crippen molar-refractivity contribution in [3.8, 4) is 0 Å². The predicted octanol–water partition coefficient (Wildman–Crippen LogP) is 4.27. The molecule has 1 rings (SSSR count). The Morgan fingerprint density at radius 2 is 1.79 bits per heavy atom. The second kappa shape index (κ2) is 7.31. The van der Waals surface area contributed by atoms with Gasteiger partial charge >= 0.3 is 8.48 Å². The summed E-state index contributed by atoms with van der Waals surface area (Å²) in [6.45, 7) is 14.8. The average Bonchev–Trinajstić information content (AvgIpc) is 2.38. The molecule has 0 saturated carbocycles. The van der Waals surface area contributed by atoms with Gasteiger partial charge in [-0.15, -0.1) is 0 Å². The van der Waals surface area contributed by atoms with Gasteiger partial charge in [-0.25, -0.2) is 0 Å². The van der Waals surface area contributed by atoms with Gasteiger partial charge in [0.15, 0.2) is 0 Å². The average molecular weight is 275 g/mol. The first-order valence-corrected chi connectivity index (χ1v) is 9.71. The van der Waals surface area contributed by atoms with Crippen LogP contribution in [0.4, 0.5) is 0 Å². The van der Waals surface area contributed by atoms with Gasteiger partial charge in [0, 0.05) is 0 Å². The SMILES string of the molecule is C=C(/C=C/c1ccccc1)O[Si](C)(C)N(CC)CC.